The molecule has 3 aliphatic heterocycles. The number of esters is 1. The van der Waals surface area contributed by atoms with Crippen LogP contribution in [0, 0.1) is 35.5 Å². The molecule has 0 radical (unpaired) electrons. The summed E-state index contributed by atoms with van der Waals surface area (Å²) in [4.78, 5) is 72.1. The molecule has 1 saturated carbocycles. The van der Waals surface area contributed by atoms with Gasteiger partial charge in [0.1, 0.15) is 30.1 Å². The SMILES string of the molecule is CCOC1CCC(C[C@@H](C)[C@@H]2CC(=O)[C@H](C)/C=C(\C)[C@@H](O)[C@@H](OC)C(=O)[C@H](C)C[C@H](C)/C=C/C=C/C=C(\C)[C@@H](OC)C[C@@H]3CC[C@@H](C)[C@@](O)(O3)C(=O)C(=O)N3CCCC[C@H]3C(=O)O2)C[C@H]1OC. The number of hydrogen-bond acceptors (Lipinski definition) is 13. The summed E-state index contributed by atoms with van der Waals surface area (Å²) in [6.45, 7) is 15.4. The van der Waals surface area contributed by atoms with Crippen molar-refractivity contribution in [2.75, 3.05) is 34.5 Å². The molecule has 15 atom stereocenters. The number of ketones is 3. The van der Waals surface area contributed by atoms with E-state index in [1.807, 2.05) is 65.0 Å². The molecule has 2 saturated heterocycles. The summed E-state index contributed by atoms with van der Waals surface area (Å²) in [5, 5.41) is 23.4. The van der Waals surface area contributed by atoms with Crippen LogP contribution in [0.15, 0.2) is 47.6 Å². The Morgan fingerprint density at radius 1 is 0.851 bits per heavy atom. The molecule has 3 fully saturated rings. The lowest BCUT2D eigenvalue weighted by Gasteiger charge is -2.42. The number of ether oxygens (including phenoxy) is 6. The number of amides is 1. The maximum absolute atomic E-state index is 14.4. The van der Waals surface area contributed by atoms with Crippen molar-refractivity contribution >= 4 is 29.2 Å². The highest BCUT2D eigenvalue weighted by molar-refractivity contribution is 6.39. The van der Waals surface area contributed by atoms with E-state index in [1.54, 1.807) is 41.1 Å². The second-order valence-corrected chi connectivity index (χ2v) is 20.0. The number of methoxy groups -OCH3 is 3. The summed E-state index contributed by atoms with van der Waals surface area (Å²) in [6, 6.07) is -1.12. The summed E-state index contributed by atoms with van der Waals surface area (Å²) < 4.78 is 35.7. The number of piperidine rings is 1. The quantitative estimate of drug-likeness (QED) is 0.141. The average Bonchev–Trinajstić information content (AvgIpc) is 3.30. The van der Waals surface area contributed by atoms with Crippen molar-refractivity contribution in [2.24, 2.45) is 35.5 Å². The lowest BCUT2D eigenvalue weighted by molar-refractivity contribution is -0.265. The van der Waals surface area contributed by atoms with Gasteiger partial charge in [-0.25, -0.2) is 4.79 Å². The fourth-order valence-electron chi connectivity index (χ4n) is 10.5. The molecular weight excluding hydrogens is 859 g/mol. The maximum Gasteiger partial charge on any atom is 0.329 e. The summed E-state index contributed by atoms with van der Waals surface area (Å²) in [7, 11) is 4.65. The Labute approximate surface area is 400 Å². The largest absolute Gasteiger partial charge is 0.460 e. The van der Waals surface area contributed by atoms with Gasteiger partial charge in [0.25, 0.3) is 11.7 Å². The second-order valence-electron chi connectivity index (χ2n) is 20.0. The molecule has 1 aliphatic carbocycles. The molecule has 14 nitrogen and oxygen atoms in total. The Morgan fingerprint density at radius 3 is 2.25 bits per heavy atom. The lowest BCUT2D eigenvalue weighted by atomic mass is 9.78. The molecule has 14 heteroatoms. The van der Waals surface area contributed by atoms with Crippen LogP contribution in [0.3, 0.4) is 0 Å². The first kappa shape index (κ1) is 56.2. The third-order valence-corrected chi connectivity index (χ3v) is 14.8. The van der Waals surface area contributed by atoms with E-state index in [0.717, 1.165) is 24.8 Å². The van der Waals surface area contributed by atoms with Crippen molar-refractivity contribution < 1.29 is 62.6 Å². The molecule has 0 aromatic heterocycles. The number of hydrogen-bond donors (Lipinski definition) is 2. The molecule has 1 amide bonds. The van der Waals surface area contributed by atoms with E-state index in [0.29, 0.717) is 57.1 Å². The molecule has 2 bridgehead atoms. The van der Waals surface area contributed by atoms with Crippen molar-refractivity contribution in [1.82, 2.24) is 4.90 Å². The van der Waals surface area contributed by atoms with Gasteiger partial charge in [0.15, 0.2) is 5.78 Å². The molecule has 4 rings (SSSR count). The summed E-state index contributed by atoms with van der Waals surface area (Å²) in [5.41, 5.74) is 1.29. The van der Waals surface area contributed by atoms with E-state index in [4.69, 9.17) is 28.4 Å². The number of carbonyl (C=O) groups excluding carboxylic acids is 5. The Hall–Kier alpha value is -3.37. The number of nitrogens with zero attached hydrogens (tertiary/aromatic N) is 1. The molecule has 2 N–H and O–H groups in total. The van der Waals surface area contributed by atoms with Crippen LogP contribution in [0.5, 0.6) is 0 Å². The maximum atomic E-state index is 14.4. The molecule has 3 heterocycles. The molecular formula is C53H83NO13. The minimum Gasteiger partial charge on any atom is -0.460 e. The number of rotatable bonds is 8. The van der Waals surface area contributed by atoms with E-state index < -0.39 is 77.8 Å². The standard InChI is InChI=1S/C53H83NO13/c1-12-65-43-24-22-39(29-46(43)63-10)28-35(5)45-31-42(55)34(4)27-37(7)48(57)49(64-11)47(56)36(6)26-32(2)18-14-13-15-19-33(3)44(62-9)30-40-23-21-38(8)53(61,67-40)50(58)51(59)54-25-17-16-20-41(54)52(60)66-45/h13-15,18-19,27,32,34-36,38-41,43-46,48-49,57,61H,12,16-17,20-26,28-31H2,1-11H3/b15-13+,18-14+,33-19+,37-27+/t32-,34-,35-,36-,38-,39?,40+,41+,43?,44+,45+,46-,48-,49+,53-/m1/s1. The van der Waals surface area contributed by atoms with Crippen molar-refractivity contribution in [3.63, 3.8) is 0 Å². The molecule has 378 valence electrons. The van der Waals surface area contributed by atoms with E-state index >= 15 is 0 Å². The van der Waals surface area contributed by atoms with Crippen molar-refractivity contribution in [1.29, 1.82) is 0 Å². The molecule has 67 heavy (non-hydrogen) atoms. The zero-order chi connectivity index (χ0) is 49.6. The lowest BCUT2D eigenvalue weighted by Crippen LogP contribution is -2.61. The van der Waals surface area contributed by atoms with Crippen LogP contribution in [-0.4, -0.2) is 133 Å². The first-order valence-corrected chi connectivity index (χ1v) is 24.9. The van der Waals surface area contributed by atoms with Gasteiger partial charge in [0.2, 0.25) is 5.79 Å². The highest BCUT2D eigenvalue weighted by atomic mass is 16.6. The Morgan fingerprint density at radius 2 is 1.58 bits per heavy atom. The molecule has 0 aromatic carbocycles. The number of aliphatic hydroxyl groups is 2. The molecule has 2 unspecified atom stereocenters. The topological polar surface area (TPSA) is 184 Å². The molecule has 0 spiro atoms. The van der Waals surface area contributed by atoms with Crippen molar-refractivity contribution in [3.05, 3.63) is 47.6 Å². The van der Waals surface area contributed by atoms with Crippen LogP contribution in [0.2, 0.25) is 0 Å². The van der Waals surface area contributed by atoms with Gasteiger partial charge in [-0.1, -0.05) is 71.1 Å². The van der Waals surface area contributed by atoms with Gasteiger partial charge in [-0.3, -0.25) is 19.2 Å². The Bertz CT molecular complexity index is 1790. The molecule has 4 aliphatic rings. The first-order chi connectivity index (χ1) is 31.8. The van der Waals surface area contributed by atoms with Gasteiger partial charge in [0.05, 0.1) is 24.4 Å². The number of cyclic esters (lactones) is 1. The van der Waals surface area contributed by atoms with Gasteiger partial charge < -0.3 is 43.5 Å². The minimum absolute atomic E-state index is 0.0193. The predicted octanol–water partition coefficient (Wildman–Crippen LogP) is 7.22. The highest BCUT2D eigenvalue weighted by Gasteiger charge is 2.53. The normalized spacial score (nSPS) is 39.6. The van der Waals surface area contributed by atoms with Crippen LogP contribution in [0.4, 0.5) is 0 Å². The smallest absolute Gasteiger partial charge is 0.329 e. The number of aliphatic hydroxyl groups excluding tert-OH is 1. The van der Waals surface area contributed by atoms with Gasteiger partial charge in [-0.05, 0) is 114 Å². The number of carbonyl (C=O) groups is 5. The minimum atomic E-state index is -2.42. The van der Waals surface area contributed by atoms with E-state index in [1.165, 1.54) is 12.0 Å². The van der Waals surface area contributed by atoms with Crippen LogP contribution in [0.25, 0.3) is 0 Å². The molecule has 0 aromatic rings. The van der Waals surface area contributed by atoms with Gasteiger partial charge in [-0.15, -0.1) is 0 Å². The van der Waals surface area contributed by atoms with E-state index in [2.05, 4.69) is 0 Å². The van der Waals surface area contributed by atoms with Gasteiger partial charge in [0, 0.05) is 65.1 Å². The van der Waals surface area contributed by atoms with Crippen molar-refractivity contribution in [2.45, 2.75) is 187 Å². The van der Waals surface area contributed by atoms with Crippen molar-refractivity contribution in [3.8, 4) is 0 Å². The van der Waals surface area contributed by atoms with E-state index in [-0.39, 0.29) is 60.9 Å². The van der Waals surface area contributed by atoms with Crippen LogP contribution >= 0.6 is 0 Å². The van der Waals surface area contributed by atoms with Crippen LogP contribution in [-0.2, 0) is 52.4 Å². The third kappa shape index (κ3) is 15.1. The monoisotopic (exact) mass is 942 g/mol. The Balaban J connectivity index is 1.70. The van der Waals surface area contributed by atoms with E-state index in [9.17, 15) is 34.2 Å². The summed E-state index contributed by atoms with van der Waals surface area (Å²) >= 11 is 0. The van der Waals surface area contributed by atoms with Crippen LogP contribution in [0.1, 0.15) is 132 Å². The van der Waals surface area contributed by atoms with Crippen LogP contribution < -0.4 is 0 Å². The number of allylic oxidation sites excluding steroid dienone is 6. The fraction of sp³-hybridized carbons (Fsp3) is 0.755. The Kier molecular flexibility index (Phi) is 22.3. The second kappa shape index (κ2) is 26.6. The van der Waals surface area contributed by atoms with Gasteiger partial charge in [-0.2, -0.15) is 0 Å². The fourth-order valence-corrected chi connectivity index (χ4v) is 10.5. The summed E-state index contributed by atoms with van der Waals surface area (Å²) in [5.74, 6) is -7.71. The number of fused-ring (bicyclic) bond motifs is 3. The average molecular weight is 942 g/mol. The third-order valence-electron chi connectivity index (χ3n) is 14.8. The zero-order valence-electron chi connectivity index (χ0n) is 42.3. The predicted molar refractivity (Wildman–Crippen MR) is 255 cm³/mol. The number of Topliss-reactive ketones (excluding diaryl/α,β-unsaturated/α-hetero) is 3. The first-order valence-electron chi connectivity index (χ1n) is 24.9. The van der Waals surface area contributed by atoms with Gasteiger partial charge >= 0.3 is 5.97 Å². The highest BCUT2D eigenvalue weighted by Crippen LogP contribution is 2.38. The zero-order valence-corrected chi connectivity index (χ0v) is 42.3. The summed E-state index contributed by atoms with van der Waals surface area (Å²) in [6.07, 6.45) is 12.8.